The van der Waals surface area contributed by atoms with Gasteiger partial charge < -0.3 is 9.73 Å². The highest BCUT2D eigenvalue weighted by molar-refractivity contribution is 6.30. The second kappa shape index (κ2) is 6.07. The first-order chi connectivity index (χ1) is 8.65. The summed E-state index contributed by atoms with van der Waals surface area (Å²) in [6.07, 6.45) is 2.69. The van der Waals surface area contributed by atoms with Crippen molar-refractivity contribution in [3.05, 3.63) is 58.5 Å². The first kappa shape index (κ1) is 13.2. The Bertz CT molecular complexity index is 507. The maximum atomic E-state index is 5.97. The van der Waals surface area contributed by atoms with Gasteiger partial charge in [-0.1, -0.05) is 23.7 Å². The normalized spacial score (nSPS) is 12.6. The van der Waals surface area contributed by atoms with Crippen LogP contribution in [0.5, 0.6) is 0 Å². The van der Waals surface area contributed by atoms with Crippen LogP contribution >= 0.6 is 11.6 Å². The SMILES string of the molecule is Cc1ccoc1CNC(C)Cc1cccc(Cl)c1. The fourth-order valence-corrected chi connectivity index (χ4v) is 2.15. The summed E-state index contributed by atoms with van der Waals surface area (Å²) >= 11 is 5.97. The van der Waals surface area contributed by atoms with Gasteiger partial charge in [0.2, 0.25) is 0 Å². The van der Waals surface area contributed by atoms with E-state index >= 15 is 0 Å². The lowest BCUT2D eigenvalue weighted by Gasteiger charge is -2.13. The number of furan rings is 1. The van der Waals surface area contributed by atoms with E-state index in [2.05, 4.69) is 25.2 Å². The van der Waals surface area contributed by atoms with E-state index in [-0.39, 0.29) is 0 Å². The molecule has 2 aromatic rings. The maximum Gasteiger partial charge on any atom is 0.120 e. The van der Waals surface area contributed by atoms with Gasteiger partial charge in [0, 0.05) is 11.1 Å². The van der Waals surface area contributed by atoms with Gasteiger partial charge in [-0.15, -0.1) is 0 Å². The average Bonchev–Trinajstić information content (AvgIpc) is 2.72. The third kappa shape index (κ3) is 3.62. The maximum absolute atomic E-state index is 5.97. The van der Waals surface area contributed by atoms with E-state index in [0.29, 0.717) is 6.04 Å². The third-order valence-corrected chi connectivity index (χ3v) is 3.25. The van der Waals surface area contributed by atoms with Gasteiger partial charge in [0.1, 0.15) is 5.76 Å². The summed E-state index contributed by atoms with van der Waals surface area (Å²) in [5, 5.41) is 4.25. The zero-order valence-corrected chi connectivity index (χ0v) is 11.5. The van der Waals surface area contributed by atoms with Crippen LogP contribution in [0, 0.1) is 6.92 Å². The summed E-state index contributed by atoms with van der Waals surface area (Å²) in [5.74, 6) is 1.01. The highest BCUT2D eigenvalue weighted by Gasteiger charge is 2.06. The molecule has 1 atom stereocenters. The first-order valence-electron chi connectivity index (χ1n) is 6.16. The van der Waals surface area contributed by atoms with E-state index in [1.54, 1.807) is 6.26 Å². The fourth-order valence-electron chi connectivity index (χ4n) is 1.94. The van der Waals surface area contributed by atoms with Crippen LogP contribution in [0.4, 0.5) is 0 Å². The molecule has 1 aromatic heterocycles. The average molecular weight is 264 g/mol. The molecule has 0 spiro atoms. The molecule has 96 valence electrons. The van der Waals surface area contributed by atoms with E-state index in [4.69, 9.17) is 16.0 Å². The third-order valence-electron chi connectivity index (χ3n) is 3.01. The standard InChI is InChI=1S/C15H18ClNO/c1-11-6-7-18-15(11)10-17-12(2)8-13-4-3-5-14(16)9-13/h3-7,9,12,17H,8,10H2,1-2H3. The Balaban J connectivity index is 1.86. The van der Waals surface area contributed by atoms with Crippen LogP contribution in [0.1, 0.15) is 23.8 Å². The summed E-state index contributed by atoms with van der Waals surface area (Å²) in [6, 6.07) is 10.4. The van der Waals surface area contributed by atoms with Crippen molar-refractivity contribution < 1.29 is 4.42 Å². The van der Waals surface area contributed by atoms with E-state index in [0.717, 1.165) is 23.7 Å². The molecule has 0 fully saturated rings. The number of nitrogens with one attached hydrogen (secondary N) is 1. The van der Waals surface area contributed by atoms with Crippen LogP contribution in [-0.2, 0) is 13.0 Å². The van der Waals surface area contributed by atoms with Crippen LogP contribution < -0.4 is 5.32 Å². The van der Waals surface area contributed by atoms with Crippen molar-refractivity contribution in [3.63, 3.8) is 0 Å². The lowest BCUT2D eigenvalue weighted by atomic mass is 10.1. The summed E-state index contributed by atoms with van der Waals surface area (Å²) in [5.41, 5.74) is 2.44. The van der Waals surface area contributed by atoms with Crippen LogP contribution in [-0.4, -0.2) is 6.04 Å². The van der Waals surface area contributed by atoms with Crippen LogP contribution in [0.25, 0.3) is 0 Å². The van der Waals surface area contributed by atoms with E-state index in [1.807, 2.05) is 24.3 Å². The molecule has 0 aliphatic carbocycles. The zero-order chi connectivity index (χ0) is 13.0. The highest BCUT2D eigenvalue weighted by atomic mass is 35.5. The quantitative estimate of drug-likeness (QED) is 0.883. The van der Waals surface area contributed by atoms with Crippen molar-refractivity contribution in [3.8, 4) is 0 Å². The van der Waals surface area contributed by atoms with E-state index in [9.17, 15) is 0 Å². The topological polar surface area (TPSA) is 25.2 Å². The van der Waals surface area contributed by atoms with Gasteiger partial charge in [0.25, 0.3) is 0 Å². The molecule has 0 aliphatic heterocycles. The smallest absolute Gasteiger partial charge is 0.120 e. The van der Waals surface area contributed by atoms with Crippen molar-refractivity contribution in [2.75, 3.05) is 0 Å². The molecule has 1 N–H and O–H groups in total. The van der Waals surface area contributed by atoms with Crippen LogP contribution in [0.15, 0.2) is 41.0 Å². The van der Waals surface area contributed by atoms with Crippen molar-refractivity contribution in [1.82, 2.24) is 5.32 Å². The van der Waals surface area contributed by atoms with Gasteiger partial charge in [-0.05, 0) is 49.6 Å². The first-order valence-corrected chi connectivity index (χ1v) is 6.54. The van der Waals surface area contributed by atoms with Gasteiger partial charge in [-0.2, -0.15) is 0 Å². The van der Waals surface area contributed by atoms with Gasteiger partial charge >= 0.3 is 0 Å². The van der Waals surface area contributed by atoms with Gasteiger partial charge in [-0.3, -0.25) is 0 Å². The summed E-state index contributed by atoms with van der Waals surface area (Å²) in [6.45, 7) is 4.99. The Hall–Kier alpha value is -1.25. The number of aryl methyl sites for hydroxylation is 1. The van der Waals surface area contributed by atoms with Crippen LogP contribution in [0.3, 0.4) is 0 Å². The minimum atomic E-state index is 0.382. The van der Waals surface area contributed by atoms with Gasteiger partial charge in [-0.25, -0.2) is 0 Å². The molecule has 1 aromatic carbocycles. The molecule has 0 aliphatic rings. The number of rotatable bonds is 5. The Morgan fingerprint density at radius 1 is 1.33 bits per heavy atom. The molecule has 1 heterocycles. The molecular formula is C15H18ClNO. The minimum absolute atomic E-state index is 0.382. The predicted molar refractivity (Wildman–Crippen MR) is 74.9 cm³/mol. The molecule has 2 nitrogen and oxygen atoms in total. The molecule has 0 bridgehead atoms. The Morgan fingerprint density at radius 3 is 2.83 bits per heavy atom. The van der Waals surface area contributed by atoms with Crippen LogP contribution in [0.2, 0.25) is 5.02 Å². The molecule has 3 heteroatoms. The van der Waals surface area contributed by atoms with Crippen molar-refractivity contribution in [2.24, 2.45) is 0 Å². The van der Waals surface area contributed by atoms with Crippen molar-refractivity contribution in [2.45, 2.75) is 32.9 Å². The molecule has 0 saturated carbocycles. The van der Waals surface area contributed by atoms with Crippen molar-refractivity contribution in [1.29, 1.82) is 0 Å². The number of benzene rings is 1. The van der Waals surface area contributed by atoms with Gasteiger partial charge in [0.15, 0.2) is 0 Å². The molecule has 2 rings (SSSR count). The van der Waals surface area contributed by atoms with E-state index < -0.39 is 0 Å². The van der Waals surface area contributed by atoms with Crippen molar-refractivity contribution >= 4 is 11.6 Å². The van der Waals surface area contributed by atoms with E-state index in [1.165, 1.54) is 11.1 Å². The molecular weight excluding hydrogens is 246 g/mol. The lowest BCUT2D eigenvalue weighted by Crippen LogP contribution is -2.27. The fraction of sp³-hybridized carbons (Fsp3) is 0.333. The Morgan fingerprint density at radius 2 is 2.17 bits per heavy atom. The molecule has 0 radical (unpaired) electrons. The van der Waals surface area contributed by atoms with Gasteiger partial charge in [0.05, 0.1) is 12.8 Å². The minimum Gasteiger partial charge on any atom is -0.468 e. The highest BCUT2D eigenvalue weighted by Crippen LogP contribution is 2.13. The summed E-state index contributed by atoms with van der Waals surface area (Å²) < 4.78 is 5.40. The predicted octanol–water partition coefficient (Wildman–Crippen LogP) is 3.96. The molecule has 0 saturated heterocycles. The second-order valence-electron chi connectivity index (χ2n) is 4.64. The Labute approximate surface area is 113 Å². The Kier molecular flexibility index (Phi) is 4.45. The largest absolute Gasteiger partial charge is 0.468 e. The number of halogens is 1. The molecule has 18 heavy (non-hydrogen) atoms. The summed E-state index contributed by atoms with van der Waals surface area (Å²) in [7, 11) is 0. The number of hydrogen-bond acceptors (Lipinski definition) is 2. The lowest BCUT2D eigenvalue weighted by molar-refractivity contribution is 0.451. The zero-order valence-electron chi connectivity index (χ0n) is 10.7. The second-order valence-corrected chi connectivity index (χ2v) is 5.08. The monoisotopic (exact) mass is 263 g/mol. The molecule has 0 amide bonds. The number of hydrogen-bond donors (Lipinski definition) is 1. The summed E-state index contributed by atoms with van der Waals surface area (Å²) in [4.78, 5) is 0. The molecule has 1 unspecified atom stereocenters.